The van der Waals surface area contributed by atoms with E-state index in [0.717, 1.165) is 25.7 Å². The average molecular weight is 490 g/mol. The zero-order valence-electron chi connectivity index (χ0n) is 19.6. The lowest BCUT2D eigenvalue weighted by Crippen LogP contribution is -2.50. The van der Waals surface area contributed by atoms with Gasteiger partial charge in [-0.15, -0.1) is 0 Å². The molecule has 11 heteroatoms. The molecule has 1 aromatic heterocycles. The van der Waals surface area contributed by atoms with E-state index in [4.69, 9.17) is 4.52 Å². The van der Waals surface area contributed by atoms with Crippen LogP contribution in [0.5, 0.6) is 0 Å². The van der Waals surface area contributed by atoms with Gasteiger partial charge in [-0.2, -0.15) is 9.29 Å². The van der Waals surface area contributed by atoms with Gasteiger partial charge in [0.2, 0.25) is 21.8 Å². The van der Waals surface area contributed by atoms with Crippen molar-refractivity contribution in [2.75, 3.05) is 26.2 Å². The number of hydrogen-bond donors (Lipinski definition) is 1. The number of aryl methyl sites for hydroxylation is 1. The Hall–Kier alpha value is -2.79. The molecule has 1 aliphatic carbocycles. The van der Waals surface area contributed by atoms with Crippen LogP contribution in [-0.4, -0.2) is 65.8 Å². The summed E-state index contributed by atoms with van der Waals surface area (Å²) in [4.78, 5) is 31.0. The summed E-state index contributed by atoms with van der Waals surface area (Å²) in [6, 6.07) is 6.08. The Labute approximate surface area is 199 Å². The Morgan fingerprint density at radius 3 is 2.32 bits per heavy atom. The Morgan fingerprint density at radius 2 is 1.74 bits per heavy atom. The van der Waals surface area contributed by atoms with Crippen LogP contribution < -0.4 is 5.32 Å². The molecule has 2 fully saturated rings. The average Bonchev–Trinajstić information content (AvgIpc) is 3.14. The lowest BCUT2D eigenvalue weighted by molar-refractivity contribution is -0.129. The second-order valence-corrected chi connectivity index (χ2v) is 11.0. The van der Waals surface area contributed by atoms with Gasteiger partial charge < -0.3 is 14.7 Å². The highest BCUT2D eigenvalue weighted by atomic mass is 32.2. The van der Waals surface area contributed by atoms with Crippen LogP contribution in [0.4, 0.5) is 0 Å². The van der Waals surface area contributed by atoms with E-state index < -0.39 is 15.6 Å². The summed E-state index contributed by atoms with van der Waals surface area (Å²) in [5.74, 6) is 0.459. The number of piperazine rings is 1. The smallest absolute Gasteiger partial charge is 0.252 e. The van der Waals surface area contributed by atoms with E-state index in [1.807, 2.05) is 0 Å². The third-order valence-electron chi connectivity index (χ3n) is 6.68. The van der Waals surface area contributed by atoms with Gasteiger partial charge in [0.05, 0.1) is 4.90 Å². The number of sulfonamides is 1. The Kier molecular flexibility index (Phi) is 7.04. The molecule has 2 aromatic rings. The van der Waals surface area contributed by atoms with E-state index in [1.165, 1.54) is 23.4 Å². The van der Waals surface area contributed by atoms with Crippen LogP contribution in [-0.2, 0) is 20.4 Å². The predicted molar refractivity (Wildman–Crippen MR) is 123 cm³/mol. The lowest BCUT2D eigenvalue weighted by Gasteiger charge is -2.33. The normalized spacial score (nSPS) is 19.4. The second kappa shape index (κ2) is 9.83. The zero-order valence-corrected chi connectivity index (χ0v) is 20.4. The van der Waals surface area contributed by atoms with Crippen LogP contribution in [0, 0.1) is 6.92 Å². The molecule has 10 nitrogen and oxygen atoms in total. The Balaban J connectivity index is 1.56. The van der Waals surface area contributed by atoms with Crippen LogP contribution in [0.15, 0.2) is 33.7 Å². The third kappa shape index (κ3) is 5.00. The number of hydrogen-bond acceptors (Lipinski definition) is 7. The Morgan fingerprint density at radius 1 is 1.06 bits per heavy atom. The molecular weight excluding hydrogens is 458 g/mol. The van der Waals surface area contributed by atoms with Gasteiger partial charge in [-0.05, 0) is 31.0 Å². The SMILES string of the molecule is CC(=O)N1CCN(S(=O)(=O)c2cccc(C(=O)NC3(c4noc(C)n4)CCCCCC3)c2)CC1. The van der Waals surface area contributed by atoms with Crippen molar-refractivity contribution in [2.45, 2.75) is 62.8 Å². The number of nitrogens with zero attached hydrogens (tertiary/aromatic N) is 4. The molecule has 184 valence electrons. The highest BCUT2D eigenvalue weighted by Crippen LogP contribution is 2.35. The number of amides is 2. The zero-order chi connectivity index (χ0) is 24.3. The Bertz CT molecular complexity index is 1150. The molecule has 1 saturated carbocycles. The molecule has 1 saturated heterocycles. The topological polar surface area (TPSA) is 126 Å². The van der Waals surface area contributed by atoms with Crippen molar-refractivity contribution in [1.29, 1.82) is 0 Å². The summed E-state index contributed by atoms with van der Waals surface area (Å²) in [5.41, 5.74) is -0.490. The van der Waals surface area contributed by atoms with Gasteiger partial charge in [-0.25, -0.2) is 8.42 Å². The molecule has 1 N–H and O–H groups in total. The van der Waals surface area contributed by atoms with Crippen LogP contribution in [0.25, 0.3) is 0 Å². The van der Waals surface area contributed by atoms with E-state index >= 15 is 0 Å². The van der Waals surface area contributed by atoms with Gasteiger partial charge in [-0.3, -0.25) is 9.59 Å². The number of rotatable bonds is 5. The molecule has 1 aliphatic heterocycles. The van der Waals surface area contributed by atoms with Crippen molar-refractivity contribution >= 4 is 21.8 Å². The first-order valence-corrected chi connectivity index (χ1v) is 13.1. The van der Waals surface area contributed by atoms with Gasteiger partial charge in [0.15, 0.2) is 5.82 Å². The molecule has 0 unspecified atom stereocenters. The van der Waals surface area contributed by atoms with Gasteiger partial charge in [0, 0.05) is 45.6 Å². The minimum Gasteiger partial charge on any atom is -0.340 e. The molecule has 0 radical (unpaired) electrons. The first-order chi connectivity index (χ1) is 16.2. The maximum Gasteiger partial charge on any atom is 0.252 e. The fourth-order valence-corrected chi connectivity index (χ4v) is 6.18. The number of benzene rings is 1. The van der Waals surface area contributed by atoms with E-state index in [0.29, 0.717) is 37.6 Å². The minimum absolute atomic E-state index is 0.0572. The van der Waals surface area contributed by atoms with Gasteiger partial charge in [0.25, 0.3) is 5.91 Å². The standard InChI is InChI=1S/C23H31N5O5S/c1-17-24-22(26-33-17)23(10-5-3-4-6-11-23)25-21(30)19-8-7-9-20(16-19)34(31,32)28-14-12-27(13-15-28)18(2)29/h7-9,16H,3-6,10-15H2,1-2H3,(H,25,30). The van der Waals surface area contributed by atoms with Gasteiger partial charge in [0.1, 0.15) is 5.54 Å². The predicted octanol–water partition coefficient (Wildman–Crippen LogP) is 2.21. The number of carbonyl (C=O) groups excluding carboxylic acids is 2. The quantitative estimate of drug-likeness (QED) is 0.638. The summed E-state index contributed by atoms with van der Waals surface area (Å²) >= 11 is 0. The van der Waals surface area contributed by atoms with Crippen LogP contribution in [0.1, 0.15) is 67.5 Å². The first-order valence-electron chi connectivity index (χ1n) is 11.7. The van der Waals surface area contributed by atoms with E-state index in [2.05, 4.69) is 15.5 Å². The fraction of sp³-hybridized carbons (Fsp3) is 0.565. The van der Waals surface area contributed by atoms with Crippen molar-refractivity contribution in [3.05, 3.63) is 41.5 Å². The molecule has 1 aromatic carbocycles. The van der Waals surface area contributed by atoms with Crippen LogP contribution >= 0.6 is 0 Å². The summed E-state index contributed by atoms with van der Waals surface area (Å²) in [7, 11) is -3.79. The van der Waals surface area contributed by atoms with Crippen molar-refractivity contribution in [3.8, 4) is 0 Å². The molecule has 2 heterocycles. The number of aromatic nitrogens is 2. The van der Waals surface area contributed by atoms with Gasteiger partial charge >= 0.3 is 0 Å². The summed E-state index contributed by atoms with van der Waals surface area (Å²) < 4.78 is 33.0. The fourth-order valence-electron chi connectivity index (χ4n) is 4.71. The highest BCUT2D eigenvalue weighted by molar-refractivity contribution is 7.89. The highest BCUT2D eigenvalue weighted by Gasteiger charge is 2.39. The third-order valence-corrected chi connectivity index (χ3v) is 8.58. The molecule has 34 heavy (non-hydrogen) atoms. The minimum atomic E-state index is -3.79. The molecule has 0 spiro atoms. The monoisotopic (exact) mass is 489 g/mol. The van der Waals surface area contributed by atoms with E-state index in [1.54, 1.807) is 24.0 Å². The molecule has 2 amide bonds. The largest absolute Gasteiger partial charge is 0.340 e. The van der Waals surface area contributed by atoms with Crippen molar-refractivity contribution in [2.24, 2.45) is 0 Å². The van der Waals surface area contributed by atoms with Crippen molar-refractivity contribution in [3.63, 3.8) is 0 Å². The van der Waals surface area contributed by atoms with E-state index in [9.17, 15) is 18.0 Å². The molecule has 2 aliphatic rings. The maximum absolute atomic E-state index is 13.3. The molecule has 0 atom stereocenters. The summed E-state index contributed by atoms with van der Waals surface area (Å²) in [5, 5.41) is 7.22. The molecular formula is C23H31N5O5S. The van der Waals surface area contributed by atoms with Crippen LogP contribution in [0.3, 0.4) is 0 Å². The second-order valence-electron chi connectivity index (χ2n) is 9.03. The lowest BCUT2D eigenvalue weighted by atomic mass is 9.88. The summed E-state index contributed by atoms with van der Waals surface area (Å²) in [6.45, 7) is 4.33. The summed E-state index contributed by atoms with van der Waals surface area (Å²) in [6.07, 6.45) is 5.37. The van der Waals surface area contributed by atoms with Crippen LogP contribution in [0.2, 0.25) is 0 Å². The molecule has 4 rings (SSSR count). The maximum atomic E-state index is 13.3. The van der Waals surface area contributed by atoms with E-state index in [-0.39, 0.29) is 35.4 Å². The van der Waals surface area contributed by atoms with Crippen molar-refractivity contribution in [1.82, 2.24) is 24.7 Å². The number of carbonyl (C=O) groups is 2. The molecule has 0 bridgehead atoms. The van der Waals surface area contributed by atoms with Gasteiger partial charge in [-0.1, -0.05) is 36.9 Å². The number of nitrogens with one attached hydrogen (secondary N) is 1. The van der Waals surface area contributed by atoms with Crippen molar-refractivity contribution < 1.29 is 22.5 Å². The first kappa shape index (κ1) is 24.3.